The van der Waals surface area contributed by atoms with E-state index in [0.29, 0.717) is 10.0 Å². The Hall–Kier alpha value is -1.09. The Morgan fingerprint density at radius 1 is 0.741 bits per heavy atom. The number of rotatable bonds is 6. The van der Waals surface area contributed by atoms with Crippen molar-refractivity contribution >= 4 is 81.4 Å². The fraction of sp³-hybridized carbons (Fsp3) is 0.125. The van der Waals surface area contributed by atoms with Gasteiger partial charge in [0.25, 0.3) is 0 Å². The largest absolute Gasteiger partial charge is 2.00 e. The van der Waals surface area contributed by atoms with Crippen LogP contribution in [0.4, 0.5) is 0 Å². The van der Waals surface area contributed by atoms with Crippen molar-refractivity contribution in [2.75, 3.05) is 13.2 Å². The predicted octanol–water partition coefficient (Wildman–Crippen LogP) is 1.86. The van der Waals surface area contributed by atoms with E-state index in [1.165, 1.54) is 24.3 Å². The smallest absolute Gasteiger partial charge is 0.546 e. The molecule has 0 radical (unpaired) electrons. The molecule has 0 heterocycles. The van der Waals surface area contributed by atoms with Gasteiger partial charge in [0.1, 0.15) is 24.7 Å². The monoisotopic (exact) mass is 462 g/mol. The van der Waals surface area contributed by atoms with E-state index in [1.807, 2.05) is 0 Å². The number of carboxylic acid groups (broad SMARTS) is 2. The van der Waals surface area contributed by atoms with Crippen molar-refractivity contribution in [3.8, 4) is 11.5 Å². The Kier molecular flexibility index (Phi) is 12.6. The molecule has 0 N–H and O–H groups in total. The van der Waals surface area contributed by atoms with Gasteiger partial charge in [-0.2, -0.15) is 0 Å². The molecule has 0 atom stereocenters. The van der Waals surface area contributed by atoms with Crippen LogP contribution in [0.1, 0.15) is 0 Å². The molecule has 11 heteroatoms. The summed E-state index contributed by atoms with van der Waals surface area (Å²) in [5.74, 6) is -2.05. The maximum Gasteiger partial charge on any atom is 2.00 e. The second kappa shape index (κ2) is 13.1. The van der Waals surface area contributed by atoms with Crippen LogP contribution < -0.4 is 19.7 Å². The van der Waals surface area contributed by atoms with Gasteiger partial charge in [0.15, 0.2) is 0 Å². The van der Waals surface area contributed by atoms with Gasteiger partial charge in [-0.15, -0.1) is 0 Å². The van der Waals surface area contributed by atoms with Crippen molar-refractivity contribution in [1.29, 1.82) is 0 Å². The van der Waals surface area contributed by atoms with E-state index >= 15 is 0 Å². The minimum atomic E-state index is -1.30. The van der Waals surface area contributed by atoms with E-state index in [2.05, 4.69) is 0 Å². The maximum atomic E-state index is 10.0. The van der Waals surface area contributed by atoms with Crippen molar-refractivity contribution in [3.63, 3.8) is 0 Å². The van der Waals surface area contributed by atoms with E-state index < -0.39 is 25.2 Å². The van der Waals surface area contributed by atoms with Crippen molar-refractivity contribution in [1.82, 2.24) is 0 Å². The Balaban J connectivity index is 0.000000483. The Morgan fingerprint density at radius 3 is 1.33 bits per heavy atom. The first-order chi connectivity index (χ1) is 12.2. The zero-order valence-electron chi connectivity index (χ0n) is 13.5. The van der Waals surface area contributed by atoms with Crippen LogP contribution >= 0.6 is 46.4 Å². The van der Waals surface area contributed by atoms with E-state index in [4.69, 9.17) is 55.9 Å². The molecule has 0 spiro atoms. The van der Waals surface area contributed by atoms with Crippen LogP contribution in [0.5, 0.6) is 11.5 Å². The van der Waals surface area contributed by atoms with E-state index in [-0.39, 0.29) is 44.6 Å². The Labute approximate surface area is 191 Å². The third-order valence-electron chi connectivity index (χ3n) is 2.48. The molecule has 0 aliphatic rings. The van der Waals surface area contributed by atoms with E-state index in [1.54, 1.807) is 12.1 Å². The summed E-state index contributed by atoms with van der Waals surface area (Å²) in [7, 11) is 0. The summed E-state index contributed by atoms with van der Waals surface area (Å²) in [4.78, 5) is 20.1. The number of carbonyl (C=O) groups is 2. The number of carbonyl (C=O) groups excluding carboxylic acids is 2. The summed E-state index contributed by atoms with van der Waals surface area (Å²) in [6.07, 6.45) is 0. The summed E-state index contributed by atoms with van der Waals surface area (Å²) < 4.78 is 9.60. The zero-order valence-corrected chi connectivity index (χ0v) is 18.0. The molecule has 27 heavy (non-hydrogen) atoms. The molecule has 0 saturated carbocycles. The molecule has 0 unspecified atom stereocenters. The first-order valence-corrected chi connectivity index (χ1v) is 8.25. The number of hydrogen-bond acceptors (Lipinski definition) is 6. The summed E-state index contributed by atoms with van der Waals surface area (Å²) in [5.41, 5.74) is 0. The predicted molar refractivity (Wildman–Crippen MR) is 99.7 cm³/mol. The number of halogens is 4. The summed E-state index contributed by atoms with van der Waals surface area (Å²) in [6, 6.07) is 9.03. The number of aliphatic carboxylic acids is 2. The van der Waals surface area contributed by atoms with Gasteiger partial charge in [0, 0.05) is 10.0 Å². The van der Waals surface area contributed by atoms with Crippen LogP contribution in [-0.2, 0) is 9.59 Å². The molecule has 0 saturated heterocycles. The fourth-order valence-corrected chi connectivity index (χ4v) is 2.38. The number of hydrogen-bond donors (Lipinski definition) is 0. The molecule has 0 bridgehead atoms. The molecule has 2 aromatic carbocycles. The van der Waals surface area contributed by atoms with Crippen molar-refractivity contribution in [2.24, 2.45) is 0 Å². The van der Waals surface area contributed by atoms with Gasteiger partial charge in [0.2, 0.25) is 0 Å². The van der Waals surface area contributed by atoms with Gasteiger partial charge in [-0.25, -0.2) is 0 Å². The molecule has 0 aliphatic heterocycles. The first-order valence-electron chi connectivity index (χ1n) is 6.74. The second-order valence-corrected chi connectivity index (χ2v) is 6.16. The maximum absolute atomic E-state index is 10.0. The summed E-state index contributed by atoms with van der Waals surface area (Å²) in [6.45, 7) is -1.05. The van der Waals surface area contributed by atoms with Crippen LogP contribution in [0, 0.1) is 0 Å². The van der Waals surface area contributed by atoms with Crippen LogP contribution in [0.2, 0.25) is 20.1 Å². The van der Waals surface area contributed by atoms with Crippen LogP contribution in [0.25, 0.3) is 0 Å². The Morgan fingerprint density at radius 2 is 1.07 bits per heavy atom. The standard InChI is InChI=1S/2C8H6Cl2O3.Mg/c2*9-5-1-2-7(6(10)3-5)13-4-8(11)12;/h2*1-3H,4H2,(H,11,12);/q;;+2/p-2. The molecular weight excluding hydrogens is 454 g/mol. The Bertz CT molecular complexity index is 722. The van der Waals surface area contributed by atoms with Crippen LogP contribution in [0.3, 0.4) is 0 Å². The molecular formula is C16H10Cl4MgO6. The average Bonchev–Trinajstić information content (AvgIpc) is 2.53. The molecule has 6 nitrogen and oxygen atoms in total. The number of carboxylic acids is 2. The molecule has 140 valence electrons. The normalized spacial score (nSPS) is 9.33. The first kappa shape index (κ1) is 25.9. The van der Waals surface area contributed by atoms with Crippen molar-refractivity contribution < 1.29 is 29.3 Å². The van der Waals surface area contributed by atoms with E-state index in [0.717, 1.165) is 0 Å². The quantitative estimate of drug-likeness (QED) is 0.606. The molecule has 2 aromatic rings. The zero-order chi connectivity index (χ0) is 19.7. The van der Waals surface area contributed by atoms with Gasteiger partial charge in [-0.05, 0) is 36.4 Å². The van der Waals surface area contributed by atoms with Crippen molar-refractivity contribution in [2.45, 2.75) is 0 Å². The van der Waals surface area contributed by atoms with Gasteiger partial charge in [-0.3, -0.25) is 0 Å². The SMILES string of the molecule is O=C([O-])COc1ccc(Cl)cc1Cl.O=C([O-])COc1ccc(Cl)cc1Cl.[Mg+2]. The molecule has 0 aliphatic carbocycles. The minimum absolute atomic E-state index is 0. The van der Waals surface area contributed by atoms with Crippen molar-refractivity contribution in [3.05, 3.63) is 56.5 Å². The minimum Gasteiger partial charge on any atom is -0.546 e. The average molecular weight is 464 g/mol. The molecule has 0 fully saturated rings. The second-order valence-electron chi connectivity index (χ2n) is 4.47. The van der Waals surface area contributed by atoms with Crippen LogP contribution in [-0.4, -0.2) is 48.2 Å². The van der Waals surface area contributed by atoms with Gasteiger partial charge >= 0.3 is 23.1 Å². The summed E-state index contributed by atoms with van der Waals surface area (Å²) in [5, 5.41) is 21.6. The molecule has 0 aromatic heterocycles. The topological polar surface area (TPSA) is 98.7 Å². The van der Waals surface area contributed by atoms with Gasteiger partial charge < -0.3 is 29.3 Å². The van der Waals surface area contributed by atoms with Crippen LogP contribution in [0.15, 0.2) is 36.4 Å². The van der Waals surface area contributed by atoms with E-state index in [9.17, 15) is 19.8 Å². The summed E-state index contributed by atoms with van der Waals surface area (Å²) >= 11 is 22.6. The molecule has 2 rings (SSSR count). The third-order valence-corrected chi connectivity index (χ3v) is 3.54. The number of ether oxygens (including phenoxy) is 2. The molecule has 0 amide bonds. The fourth-order valence-electron chi connectivity index (χ4n) is 1.46. The third kappa shape index (κ3) is 10.7. The van der Waals surface area contributed by atoms with Gasteiger partial charge in [-0.1, -0.05) is 46.4 Å². The van der Waals surface area contributed by atoms with Gasteiger partial charge in [0.05, 0.1) is 22.0 Å². The number of benzene rings is 2.